The van der Waals surface area contributed by atoms with E-state index >= 15 is 0 Å². The van der Waals surface area contributed by atoms with E-state index < -0.39 is 0 Å². The third-order valence-electron chi connectivity index (χ3n) is 3.87. The molecule has 2 aromatic heterocycles. The monoisotopic (exact) mass is 352 g/mol. The van der Waals surface area contributed by atoms with E-state index in [1.807, 2.05) is 29.2 Å². The molecule has 0 bridgehead atoms. The smallest absolute Gasteiger partial charge is 0.229 e. The highest BCUT2D eigenvalue weighted by atomic mass is 32.1. The van der Waals surface area contributed by atoms with Gasteiger partial charge >= 0.3 is 0 Å². The van der Waals surface area contributed by atoms with Crippen LogP contribution in [0.15, 0.2) is 65.6 Å². The van der Waals surface area contributed by atoms with Gasteiger partial charge in [-0.1, -0.05) is 46.9 Å². The van der Waals surface area contributed by atoms with E-state index in [0.29, 0.717) is 0 Å². The van der Waals surface area contributed by atoms with Crippen LogP contribution >= 0.6 is 22.7 Å². The van der Waals surface area contributed by atoms with Crippen molar-refractivity contribution < 1.29 is 14.7 Å². The molecule has 0 saturated heterocycles. The summed E-state index contributed by atoms with van der Waals surface area (Å²) in [6.07, 6.45) is 0. The van der Waals surface area contributed by atoms with E-state index in [1.165, 1.54) is 25.7 Å². The van der Waals surface area contributed by atoms with Gasteiger partial charge < -0.3 is 4.74 Å². The molecule has 0 unspecified atom stereocenters. The average Bonchev–Trinajstić information content (AvgIpc) is 3.30. The van der Waals surface area contributed by atoms with E-state index in [4.69, 9.17) is 4.74 Å². The van der Waals surface area contributed by atoms with Gasteiger partial charge in [0.1, 0.15) is 15.1 Å². The fourth-order valence-electron chi connectivity index (χ4n) is 2.65. The fourth-order valence-corrected chi connectivity index (χ4v) is 4.14. The molecular weight excluding hydrogens is 336 g/mol. The number of thiazole rings is 2. The van der Waals surface area contributed by atoms with Crippen LogP contribution in [0.2, 0.25) is 0 Å². The predicted molar refractivity (Wildman–Crippen MR) is 101 cm³/mol. The van der Waals surface area contributed by atoms with E-state index in [2.05, 4.69) is 46.4 Å². The van der Waals surface area contributed by atoms with Crippen LogP contribution in [-0.2, 0) is 0 Å². The van der Waals surface area contributed by atoms with Crippen molar-refractivity contribution >= 4 is 53.9 Å². The normalized spacial score (nSPS) is 10.7. The Morgan fingerprint density at radius 1 is 0.833 bits per heavy atom. The van der Waals surface area contributed by atoms with Gasteiger partial charge in [0.2, 0.25) is 22.1 Å². The topological polar surface area (TPSA) is 37.5 Å². The summed E-state index contributed by atoms with van der Waals surface area (Å²) in [5.74, 6) is 0.911. The van der Waals surface area contributed by atoms with Crippen molar-refractivity contribution in [1.29, 1.82) is 0 Å². The Morgan fingerprint density at radius 2 is 1.67 bits per heavy atom. The molecule has 5 rings (SSSR count). The van der Waals surface area contributed by atoms with Crippen LogP contribution in [-0.4, -0.2) is 7.11 Å². The highest BCUT2D eigenvalue weighted by Crippen LogP contribution is 2.24. The van der Waals surface area contributed by atoms with Gasteiger partial charge in [-0.15, -0.1) is 0 Å². The maximum atomic E-state index is 5.08. The van der Waals surface area contributed by atoms with Crippen molar-refractivity contribution in [1.82, 2.24) is 0 Å². The van der Waals surface area contributed by atoms with Crippen LogP contribution in [0, 0.1) is 0 Å². The first-order valence-corrected chi connectivity index (χ1v) is 9.30. The molecule has 0 radical (unpaired) electrons. The van der Waals surface area contributed by atoms with Crippen LogP contribution in [0.25, 0.3) is 31.2 Å². The zero-order valence-electron chi connectivity index (χ0n) is 13.1. The number of hydrogen-bond acceptors (Lipinski definition) is 3. The lowest BCUT2D eigenvalue weighted by molar-refractivity contribution is -0.338. The van der Waals surface area contributed by atoms with Gasteiger partial charge in [0.15, 0.2) is 0 Å². The van der Waals surface area contributed by atoms with E-state index in [1.54, 1.807) is 29.8 Å². The van der Waals surface area contributed by atoms with Crippen molar-refractivity contribution in [2.24, 2.45) is 0 Å². The third-order valence-corrected chi connectivity index (χ3v) is 5.53. The predicted octanol–water partition coefficient (Wildman–Crippen LogP) is 4.59. The molecule has 5 aromatic rings. The van der Waals surface area contributed by atoms with Crippen LogP contribution in [0.1, 0.15) is 0 Å². The first-order chi connectivity index (χ1) is 11.8. The van der Waals surface area contributed by atoms with E-state index in [9.17, 15) is 0 Å². The number of benzene rings is 3. The summed E-state index contributed by atoms with van der Waals surface area (Å²) in [7, 11) is 1.68. The van der Waals surface area contributed by atoms with Crippen molar-refractivity contribution in [2.45, 2.75) is 0 Å². The largest absolute Gasteiger partial charge is 0.497 e. The molecule has 24 heavy (non-hydrogen) atoms. The van der Waals surface area contributed by atoms with Crippen molar-refractivity contribution in [2.75, 3.05) is 7.11 Å². The van der Waals surface area contributed by atoms with Gasteiger partial charge in [-0.2, -0.15) is 0 Å². The van der Waals surface area contributed by atoms with Crippen molar-refractivity contribution in [3.63, 3.8) is 0 Å². The molecule has 0 aliphatic carbocycles. The lowest BCUT2D eigenvalue weighted by Crippen LogP contribution is -1.94. The lowest BCUT2D eigenvalue weighted by Gasteiger charge is -1.94. The third kappa shape index (κ3) is 2.84. The molecule has 2 N–H and O–H groups in total. The second-order valence-corrected chi connectivity index (χ2v) is 7.10. The van der Waals surface area contributed by atoms with E-state index in [-0.39, 0.29) is 0 Å². The van der Waals surface area contributed by atoms with Gasteiger partial charge in [-0.25, -0.2) is 9.97 Å². The molecule has 0 aliphatic rings. The molecule has 5 heteroatoms. The van der Waals surface area contributed by atoms with Gasteiger partial charge in [-0.05, 0) is 23.6 Å². The Hall–Kier alpha value is -2.50. The van der Waals surface area contributed by atoms with Crippen LogP contribution in [0.5, 0.6) is 5.75 Å². The minimum atomic E-state index is 0.911. The average molecular weight is 352 g/mol. The number of H-pyrrole nitrogens is 2. The quantitative estimate of drug-likeness (QED) is 0.435. The molecule has 3 nitrogen and oxygen atoms in total. The molecule has 2 heterocycles. The SMILES string of the molecule is COc1ccc2[nH+]csc2c1.c1ccc2c(c1)ccc1sc[nH+]c12. The summed E-state index contributed by atoms with van der Waals surface area (Å²) in [6.45, 7) is 0. The standard InChI is InChI=1S/C11H7NS.C8H7NOS/c1-2-4-9-8(3-1)5-6-10-11(9)12-7-13-10;1-10-6-2-3-7-8(4-6)11-5-9-7/h1-7H;2-5H,1H3/p+2. The number of methoxy groups -OCH3 is 1. The number of aromatic amines is 2. The maximum Gasteiger partial charge on any atom is 0.229 e. The first-order valence-electron chi connectivity index (χ1n) is 7.55. The summed E-state index contributed by atoms with van der Waals surface area (Å²) >= 11 is 3.43. The van der Waals surface area contributed by atoms with Crippen LogP contribution in [0.3, 0.4) is 0 Å². The first kappa shape index (κ1) is 15.1. The zero-order chi connectivity index (χ0) is 16.4. The van der Waals surface area contributed by atoms with Gasteiger partial charge in [0.25, 0.3) is 0 Å². The Morgan fingerprint density at radius 3 is 2.58 bits per heavy atom. The maximum absolute atomic E-state index is 5.08. The zero-order valence-corrected chi connectivity index (χ0v) is 14.7. The molecule has 0 fully saturated rings. The van der Waals surface area contributed by atoms with Gasteiger partial charge in [-0.3, -0.25) is 0 Å². The summed E-state index contributed by atoms with van der Waals surface area (Å²) in [5, 5.41) is 2.60. The Kier molecular flexibility index (Phi) is 4.11. The van der Waals surface area contributed by atoms with Crippen molar-refractivity contribution in [3.05, 3.63) is 65.6 Å². The van der Waals surface area contributed by atoms with Gasteiger partial charge in [0, 0.05) is 12.1 Å². The minimum absolute atomic E-state index is 0.911. The Labute approximate surface area is 147 Å². The molecule has 3 aromatic carbocycles. The summed E-state index contributed by atoms with van der Waals surface area (Å²) in [4.78, 5) is 6.41. The highest BCUT2D eigenvalue weighted by molar-refractivity contribution is 7.16. The minimum Gasteiger partial charge on any atom is -0.497 e. The van der Waals surface area contributed by atoms with Crippen LogP contribution < -0.4 is 14.7 Å². The number of hydrogen-bond donors (Lipinski definition) is 0. The second-order valence-electron chi connectivity index (χ2n) is 5.28. The highest BCUT2D eigenvalue weighted by Gasteiger charge is 2.06. The second kappa shape index (κ2) is 6.55. The number of fused-ring (bicyclic) bond motifs is 4. The Balaban J connectivity index is 0.000000123. The molecule has 0 atom stereocenters. The van der Waals surface area contributed by atoms with Crippen molar-refractivity contribution in [3.8, 4) is 5.75 Å². The summed E-state index contributed by atoms with van der Waals surface area (Å²) in [6, 6.07) is 18.8. The number of aromatic nitrogens is 2. The summed E-state index contributed by atoms with van der Waals surface area (Å²) in [5.41, 5.74) is 6.40. The molecule has 0 amide bonds. The number of rotatable bonds is 1. The molecule has 118 valence electrons. The summed E-state index contributed by atoms with van der Waals surface area (Å²) < 4.78 is 7.63. The molecule has 0 spiro atoms. The lowest BCUT2D eigenvalue weighted by atomic mass is 10.1. The molecule has 0 saturated carbocycles. The fraction of sp³-hybridized carbons (Fsp3) is 0.0526. The van der Waals surface area contributed by atoms with Gasteiger partial charge in [0.05, 0.1) is 12.5 Å². The molecule has 0 aliphatic heterocycles. The van der Waals surface area contributed by atoms with Crippen LogP contribution in [0.4, 0.5) is 0 Å². The van der Waals surface area contributed by atoms with E-state index in [0.717, 1.165) is 11.3 Å². The Bertz CT molecular complexity index is 1110. The number of ether oxygens (including phenoxy) is 1. The number of nitrogens with one attached hydrogen (secondary N) is 2. The molecular formula is C19H16N2OS2+2.